The average molecular weight is 464 g/mol. The number of hydrogen-bond acceptors (Lipinski definition) is 2. The van der Waals surface area contributed by atoms with Crippen molar-refractivity contribution in [2.75, 3.05) is 5.32 Å². The lowest BCUT2D eigenvalue weighted by Crippen LogP contribution is -2.56. The highest BCUT2D eigenvalue weighted by molar-refractivity contribution is 5.98. The molecule has 3 rings (SSSR count). The largest absolute Gasteiger partial charge is 0.465 e. The van der Waals surface area contributed by atoms with Gasteiger partial charge in [0.1, 0.15) is 6.04 Å². The first kappa shape index (κ1) is 25.3. The molecule has 1 heterocycles. The molecule has 6 heteroatoms. The number of carboxylic acid groups (broad SMARTS) is 1. The van der Waals surface area contributed by atoms with Crippen LogP contribution in [0.15, 0.2) is 48.7 Å². The first-order valence-electron chi connectivity index (χ1n) is 11.9. The summed E-state index contributed by atoms with van der Waals surface area (Å²) in [6, 6.07) is 13.0. The topological polar surface area (TPSA) is 85.4 Å². The molecular weight excluding hydrogens is 426 g/mol. The van der Waals surface area contributed by atoms with E-state index < -0.39 is 17.7 Å². The van der Waals surface area contributed by atoms with Crippen LogP contribution in [0.2, 0.25) is 0 Å². The van der Waals surface area contributed by atoms with Crippen LogP contribution in [-0.2, 0) is 11.2 Å². The molecule has 0 bridgehead atoms. The van der Waals surface area contributed by atoms with Gasteiger partial charge >= 0.3 is 6.09 Å². The molecule has 6 nitrogen and oxygen atoms in total. The second-order valence-electron chi connectivity index (χ2n) is 10.5. The Balaban J connectivity index is 2.08. The van der Waals surface area contributed by atoms with Crippen molar-refractivity contribution in [1.29, 1.82) is 0 Å². The van der Waals surface area contributed by atoms with Crippen LogP contribution in [0.25, 0.3) is 10.9 Å². The van der Waals surface area contributed by atoms with Crippen LogP contribution in [-0.4, -0.2) is 38.6 Å². The Hall–Kier alpha value is -3.28. The number of aromatic amines is 1. The summed E-state index contributed by atoms with van der Waals surface area (Å²) in [6.45, 7) is 13.8. The SMILES string of the molecule is CC(C)c1cccc(C(C)C)c1NC(=O)C(Cc1c[nH]c2ccccc12)N(C(=O)O)C(C)(C)C. The third-order valence-electron chi connectivity index (χ3n) is 6.25. The van der Waals surface area contributed by atoms with Crippen molar-refractivity contribution < 1.29 is 14.7 Å². The van der Waals surface area contributed by atoms with Crippen molar-refractivity contribution in [2.45, 2.75) is 78.3 Å². The van der Waals surface area contributed by atoms with Gasteiger partial charge in [0, 0.05) is 34.7 Å². The van der Waals surface area contributed by atoms with Crippen molar-refractivity contribution in [1.82, 2.24) is 9.88 Å². The standard InChI is InChI=1S/C28H37N3O3/c1-17(2)20-12-10-13-21(18(3)4)25(20)30-26(32)24(31(27(33)34)28(5,6)7)15-19-16-29-23-14-9-8-11-22(19)23/h8-14,16-18,24,29H,15H2,1-7H3,(H,30,32)(H,33,34). The van der Waals surface area contributed by atoms with E-state index in [0.29, 0.717) is 0 Å². The van der Waals surface area contributed by atoms with Gasteiger partial charge in [-0.1, -0.05) is 64.1 Å². The van der Waals surface area contributed by atoms with E-state index in [9.17, 15) is 14.7 Å². The number of hydrogen-bond donors (Lipinski definition) is 3. The van der Waals surface area contributed by atoms with Crippen molar-refractivity contribution in [3.8, 4) is 0 Å². The molecule has 1 atom stereocenters. The molecule has 0 fully saturated rings. The van der Waals surface area contributed by atoms with Gasteiger partial charge in [-0.3, -0.25) is 9.69 Å². The normalized spacial score (nSPS) is 12.9. The summed E-state index contributed by atoms with van der Waals surface area (Å²) in [5, 5.41) is 14.3. The van der Waals surface area contributed by atoms with Crippen molar-refractivity contribution in [3.63, 3.8) is 0 Å². The van der Waals surface area contributed by atoms with E-state index in [-0.39, 0.29) is 24.2 Å². The molecule has 0 saturated heterocycles. The molecule has 2 amide bonds. The number of aromatic nitrogens is 1. The molecular formula is C28H37N3O3. The summed E-state index contributed by atoms with van der Waals surface area (Å²) < 4.78 is 0. The number of amides is 2. The molecule has 2 aromatic carbocycles. The maximum atomic E-state index is 13.9. The molecule has 1 aromatic heterocycles. The van der Waals surface area contributed by atoms with Gasteiger partial charge in [-0.2, -0.15) is 0 Å². The molecule has 1 unspecified atom stereocenters. The number of carbonyl (C=O) groups excluding carboxylic acids is 1. The Labute approximate surface area is 202 Å². The van der Waals surface area contributed by atoms with Gasteiger partial charge < -0.3 is 15.4 Å². The van der Waals surface area contributed by atoms with E-state index in [2.05, 4.69) is 38.0 Å². The highest BCUT2D eigenvalue weighted by atomic mass is 16.4. The van der Waals surface area contributed by atoms with Crippen LogP contribution in [0.3, 0.4) is 0 Å². The van der Waals surface area contributed by atoms with Gasteiger partial charge in [-0.25, -0.2) is 4.79 Å². The molecule has 3 aromatic rings. The van der Waals surface area contributed by atoms with Crippen LogP contribution in [0.1, 0.15) is 77.0 Å². The summed E-state index contributed by atoms with van der Waals surface area (Å²) in [4.78, 5) is 30.8. The molecule has 0 radical (unpaired) electrons. The monoisotopic (exact) mass is 463 g/mol. The van der Waals surface area contributed by atoms with Crippen LogP contribution >= 0.6 is 0 Å². The van der Waals surface area contributed by atoms with Gasteiger partial charge in [0.25, 0.3) is 0 Å². The second-order valence-corrected chi connectivity index (χ2v) is 10.5. The third kappa shape index (κ3) is 5.27. The Morgan fingerprint density at radius 3 is 2.09 bits per heavy atom. The zero-order valence-corrected chi connectivity index (χ0v) is 21.3. The fourth-order valence-corrected chi connectivity index (χ4v) is 4.60. The van der Waals surface area contributed by atoms with E-state index >= 15 is 0 Å². The summed E-state index contributed by atoms with van der Waals surface area (Å²) in [5.41, 5.74) is 3.99. The predicted molar refractivity (Wildman–Crippen MR) is 139 cm³/mol. The zero-order valence-electron chi connectivity index (χ0n) is 21.3. The minimum Gasteiger partial charge on any atom is -0.465 e. The Bertz CT molecular complexity index is 1140. The third-order valence-corrected chi connectivity index (χ3v) is 6.25. The van der Waals surface area contributed by atoms with Crippen LogP contribution in [0, 0.1) is 0 Å². The number of H-pyrrole nitrogens is 1. The molecule has 0 aliphatic carbocycles. The lowest BCUT2D eigenvalue weighted by Gasteiger charge is -2.39. The average Bonchev–Trinajstić information content (AvgIpc) is 3.14. The lowest BCUT2D eigenvalue weighted by atomic mass is 9.92. The minimum atomic E-state index is -1.12. The highest BCUT2D eigenvalue weighted by Gasteiger charge is 2.38. The quantitative estimate of drug-likeness (QED) is 0.362. The van der Waals surface area contributed by atoms with Gasteiger partial charge in [0.15, 0.2) is 0 Å². The smallest absolute Gasteiger partial charge is 0.408 e. The molecule has 182 valence electrons. The lowest BCUT2D eigenvalue weighted by molar-refractivity contribution is -0.122. The maximum absolute atomic E-state index is 13.9. The number of nitrogens with one attached hydrogen (secondary N) is 2. The summed E-state index contributed by atoms with van der Waals surface area (Å²) in [6.07, 6.45) is 1.02. The Morgan fingerprint density at radius 1 is 0.971 bits per heavy atom. The van der Waals surface area contributed by atoms with Crippen LogP contribution < -0.4 is 5.32 Å². The van der Waals surface area contributed by atoms with E-state index in [0.717, 1.165) is 33.3 Å². The minimum absolute atomic E-state index is 0.208. The predicted octanol–water partition coefficient (Wildman–Crippen LogP) is 6.74. The number of fused-ring (bicyclic) bond motifs is 1. The van der Waals surface area contributed by atoms with Crippen LogP contribution in [0.5, 0.6) is 0 Å². The van der Waals surface area contributed by atoms with Crippen molar-refractivity contribution in [3.05, 3.63) is 65.4 Å². The number of para-hydroxylation sites is 2. The Morgan fingerprint density at radius 2 is 1.56 bits per heavy atom. The number of rotatable bonds is 7. The van der Waals surface area contributed by atoms with E-state index in [1.54, 1.807) is 0 Å². The number of nitrogens with zero attached hydrogens (tertiary/aromatic N) is 1. The molecule has 34 heavy (non-hydrogen) atoms. The second kappa shape index (κ2) is 9.92. The molecule has 3 N–H and O–H groups in total. The fourth-order valence-electron chi connectivity index (χ4n) is 4.60. The maximum Gasteiger partial charge on any atom is 0.408 e. The van der Waals surface area contributed by atoms with E-state index in [1.807, 2.05) is 69.4 Å². The molecule has 0 saturated carbocycles. The Kier molecular flexibility index (Phi) is 7.39. The van der Waals surface area contributed by atoms with Crippen LogP contribution in [0.4, 0.5) is 10.5 Å². The highest BCUT2D eigenvalue weighted by Crippen LogP contribution is 2.33. The molecule has 0 aliphatic rings. The first-order valence-corrected chi connectivity index (χ1v) is 11.9. The van der Waals surface area contributed by atoms with E-state index in [4.69, 9.17) is 0 Å². The number of anilines is 1. The molecule has 0 aliphatic heterocycles. The van der Waals surface area contributed by atoms with Gasteiger partial charge in [0.2, 0.25) is 5.91 Å². The van der Waals surface area contributed by atoms with Gasteiger partial charge in [-0.15, -0.1) is 0 Å². The summed E-state index contributed by atoms with van der Waals surface area (Å²) in [7, 11) is 0. The first-order chi connectivity index (χ1) is 15.9. The molecule has 0 spiro atoms. The number of benzene rings is 2. The number of carbonyl (C=O) groups is 2. The summed E-state index contributed by atoms with van der Waals surface area (Å²) in [5.74, 6) is 0.0936. The fraction of sp³-hybridized carbons (Fsp3) is 0.429. The van der Waals surface area contributed by atoms with Crippen molar-refractivity contribution >= 4 is 28.6 Å². The zero-order chi connectivity index (χ0) is 25.2. The van der Waals surface area contributed by atoms with Crippen molar-refractivity contribution in [2.24, 2.45) is 0 Å². The van der Waals surface area contributed by atoms with E-state index in [1.165, 1.54) is 4.90 Å². The van der Waals surface area contributed by atoms with Gasteiger partial charge in [0.05, 0.1) is 0 Å². The van der Waals surface area contributed by atoms with Gasteiger partial charge in [-0.05, 0) is 55.4 Å². The summed E-state index contributed by atoms with van der Waals surface area (Å²) >= 11 is 0.